The van der Waals surface area contributed by atoms with E-state index in [4.69, 9.17) is 0 Å². The summed E-state index contributed by atoms with van der Waals surface area (Å²) in [6.45, 7) is 7.16. The van der Waals surface area contributed by atoms with Crippen LogP contribution in [0.4, 0.5) is 0 Å². The fourth-order valence-electron chi connectivity index (χ4n) is 2.73. The molecule has 2 rings (SSSR count). The Labute approximate surface area is 110 Å². The van der Waals surface area contributed by atoms with Crippen LogP contribution in [0.2, 0.25) is 0 Å². The van der Waals surface area contributed by atoms with E-state index in [0.29, 0.717) is 18.6 Å². The van der Waals surface area contributed by atoms with Crippen molar-refractivity contribution in [1.82, 2.24) is 10.2 Å². The normalized spacial score (nSPS) is 31.2. The van der Waals surface area contributed by atoms with Gasteiger partial charge in [-0.2, -0.15) is 0 Å². The molecule has 3 atom stereocenters. The van der Waals surface area contributed by atoms with Crippen molar-refractivity contribution in [2.24, 2.45) is 11.8 Å². The molecule has 1 saturated heterocycles. The van der Waals surface area contributed by atoms with Gasteiger partial charge >= 0.3 is 5.97 Å². The van der Waals surface area contributed by atoms with Gasteiger partial charge in [0.15, 0.2) is 0 Å². The molecule has 2 fully saturated rings. The van der Waals surface area contributed by atoms with Crippen molar-refractivity contribution in [3.05, 3.63) is 0 Å². The molecule has 0 amide bonds. The highest BCUT2D eigenvalue weighted by Gasteiger charge is 2.33. The number of nitrogens with one attached hydrogen (secondary N) is 1. The number of hydrogen-bond donors (Lipinski definition) is 2. The van der Waals surface area contributed by atoms with Crippen LogP contribution in [-0.2, 0) is 4.79 Å². The van der Waals surface area contributed by atoms with Crippen LogP contribution in [0.15, 0.2) is 0 Å². The Morgan fingerprint density at radius 1 is 1.44 bits per heavy atom. The molecular formula is C14H26N2O2. The van der Waals surface area contributed by atoms with Crippen molar-refractivity contribution in [2.75, 3.05) is 19.6 Å². The van der Waals surface area contributed by atoms with Crippen LogP contribution < -0.4 is 5.32 Å². The average molecular weight is 254 g/mol. The number of hydrogen-bond acceptors (Lipinski definition) is 3. The van der Waals surface area contributed by atoms with Gasteiger partial charge in [0.1, 0.15) is 0 Å². The van der Waals surface area contributed by atoms with Gasteiger partial charge in [0, 0.05) is 25.2 Å². The maximum atomic E-state index is 11.3. The van der Waals surface area contributed by atoms with Gasteiger partial charge in [-0.1, -0.05) is 6.92 Å². The average Bonchev–Trinajstić information content (AvgIpc) is 3.19. The molecule has 1 aliphatic heterocycles. The Bertz CT molecular complexity index is 292. The molecule has 0 radical (unpaired) electrons. The summed E-state index contributed by atoms with van der Waals surface area (Å²) in [5.41, 5.74) is 0. The first-order chi connectivity index (χ1) is 8.60. The quantitative estimate of drug-likeness (QED) is 0.755. The van der Waals surface area contributed by atoms with Gasteiger partial charge < -0.3 is 10.4 Å². The number of aliphatic carboxylic acids is 1. The minimum absolute atomic E-state index is 0.204. The smallest absolute Gasteiger partial charge is 0.307 e. The van der Waals surface area contributed by atoms with Gasteiger partial charge in [0.05, 0.1) is 5.92 Å². The van der Waals surface area contributed by atoms with E-state index in [9.17, 15) is 9.90 Å². The van der Waals surface area contributed by atoms with E-state index in [1.807, 2.05) is 0 Å². The maximum Gasteiger partial charge on any atom is 0.307 e. The molecule has 18 heavy (non-hydrogen) atoms. The van der Waals surface area contributed by atoms with Crippen LogP contribution in [-0.4, -0.2) is 47.7 Å². The molecule has 1 heterocycles. The fourth-order valence-corrected chi connectivity index (χ4v) is 2.73. The molecule has 4 heteroatoms. The van der Waals surface area contributed by atoms with Crippen molar-refractivity contribution in [1.29, 1.82) is 0 Å². The predicted molar refractivity (Wildman–Crippen MR) is 71.6 cm³/mol. The largest absolute Gasteiger partial charge is 0.481 e. The summed E-state index contributed by atoms with van der Waals surface area (Å²) in [7, 11) is 0. The molecule has 2 N–H and O–H groups in total. The topological polar surface area (TPSA) is 52.6 Å². The van der Waals surface area contributed by atoms with E-state index < -0.39 is 5.97 Å². The van der Waals surface area contributed by atoms with Crippen molar-refractivity contribution >= 4 is 5.97 Å². The number of carboxylic acid groups (broad SMARTS) is 1. The minimum Gasteiger partial charge on any atom is -0.481 e. The fraction of sp³-hybridized carbons (Fsp3) is 0.929. The third-order valence-corrected chi connectivity index (χ3v) is 4.43. The van der Waals surface area contributed by atoms with Crippen molar-refractivity contribution < 1.29 is 9.90 Å². The SMILES string of the molecule is CCC(C)N1CC(NCC2CC2)CC(C(=O)O)C1. The molecule has 1 saturated carbocycles. The van der Waals surface area contributed by atoms with Crippen LogP contribution >= 0.6 is 0 Å². The molecule has 104 valence electrons. The van der Waals surface area contributed by atoms with E-state index in [0.717, 1.165) is 31.8 Å². The maximum absolute atomic E-state index is 11.3. The number of piperidine rings is 1. The summed E-state index contributed by atoms with van der Waals surface area (Å²) in [6.07, 6.45) is 4.56. The monoisotopic (exact) mass is 254 g/mol. The first-order valence-corrected chi connectivity index (χ1v) is 7.30. The Balaban J connectivity index is 1.89. The lowest BCUT2D eigenvalue weighted by Crippen LogP contribution is -2.53. The summed E-state index contributed by atoms with van der Waals surface area (Å²) in [6, 6.07) is 0.840. The van der Waals surface area contributed by atoms with Gasteiger partial charge in [0.2, 0.25) is 0 Å². The third-order valence-electron chi connectivity index (χ3n) is 4.43. The highest BCUT2D eigenvalue weighted by Crippen LogP contribution is 2.28. The molecule has 0 bridgehead atoms. The molecule has 0 aromatic carbocycles. The lowest BCUT2D eigenvalue weighted by molar-refractivity contribution is -0.144. The van der Waals surface area contributed by atoms with Gasteiger partial charge in [-0.15, -0.1) is 0 Å². The van der Waals surface area contributed by atoms with E-state index in [2.05, 4.69) is 24.1 Å². The highest BCUT2D eigenvalue weighted by atomic mass is 16.4. The van der Waals surface area contributed by atoms with Crippen molar-refractivity contribution in [2.45, 2.75) is 51.6 Å². The second-order valence-corrected chi connectivity index (χ2v) is 6.03. The number of likely N-dealkylation sites (tertiary alicyclic amines) is 1. The summed E-state index contributed by atoms with van der Waals surface area (Å²) in [5.74, 6) is 0.0120. The van der Waals surface area contributed by atoms with Crippen molar-refractivity contribution in [3.8, 4) is 0 Å². The first kappa shape index (κ1) is 13.8. The van der Waals surface area contributed by atoms with Crippen LogP contribution in [0.25, 0.3) is 0 Å². The zero-order valence-corrected chi connectivity index (χ0v) is 11.6. The lowest BCUT2D eigenvalue weighted by atomic mass is 9.92. The van der Waals surface area contributed by atoms with Crippen LogP contribution in [0, 0.1) is 11.8 Å². The van der Waals surface area contributed by atoms with Gasteiger partial charge in [-0.25, -0.2) is 0 Å². The van der Waals surface area contributed by atoms with Gasteiger partial charge in [-0.05, 0) is 45.1 Å². The van der Waals surface area contributed by atoms with Gasteiger partial charge in [-0.3, -0.25) is 9.69 Å². The second-order valence-electron chi connectivity index (χ2n) is 6.03. The van der Waals surface area contributed by atoms with E-state index in [1.54, 1.807) is 0 Å². The summed E-state index contributed by atoms with van der Waals surface area (Å²) in [5, 5.41) is 12.8. The third kappa shape index (κ3) is 3.69. The summed E-state index contributed by atoms with van der Waals surface area (Å²) >= 11 is 0. The zero-order valence-electron chi connectivity index (χ0n) is 11.6. The second kappa shape index (κ2) is 6.02. The molecule has 0 spiro atoms. The molecule has 0 aromatic heterocycles. The lowest BCUT2D eigenvalue weighted by Gasteiger charge is -2.39. The van der Waals surface area contributed by atoms with E-state index >= 15 is 0 Å². The summed E-state index contributed by atoms with van der Waals surface area (Å²) < 4.78 is 0. The summed E-state index contributed by atoms with van der Waals surface area (Å²) in [4.78, 5) is 13.6. The first-order valence-electron chi connectivity index (χ1n) is 7.30. The zero-order chi connectivity index (χ0) is 13.1. The Morgan fingerprint density at radius 2 is 2.17 bits per heavy atom. The Hall–Kier alpha value is -0.610. The number of carboxylic acids is 1. The number of nitrogens with zero attached hydrogens (tertiary/aromatic N) is 1. The van der Waals surface area contributed by atoms with E-state index in [1.165, 1.54) is 12.8 Å². The van der Waals surface area contributed by atoms with Crippen molar-refractivity contribution in [3.63, 3.8) is 0 Å². The Kier molecular flexibility index (Phi) is 4.62. The molecule has 1 aliphatic carbocycles. The van der Waals surface area contributed by atoms with Crippen LogP contribution in [0.1, 0.15) is 39.5 Å². The predicted octanol–water partition coefficient (Wildman–Crippen LogP) is 1.56. The minimum atomic E-state index is -0.638. The number of carbonyl (C=O) groups is 1. The standard InChI is InChI=1S/C14H26N2O2/c1-3-10(2)16-8-12(14(17)18)6-13(9-16)15-7-11-4-5-11/h10-13,15H,3-9H2,1-2H3,(H,17,18). The molecular weight excluding hydrogens is 228 g/mol. The Morgan fingerprint density at radius 3 is 2.72 bits per heavy atom. The number of rotatable bonds is 6. The molecule has 4 nitrogen and oxygen atoms in total. The van der Waals surface area contributed by atoms with Crippen LogP contribution in [0.3, 0.4) is 0 Å². The molecule has 0 aromatic rings. The van der Waals surface area contributed by atoms with Gasteiger partial charge in [0.25, 0.3) is 0 Å². The molecule has 3 unspecified atom stereocenters. The van der Waals surface area contributed by atoms with E-state index in [-0.39, 0.29) is 5.92 Å². The highest BCUT2D eigenvalue weighted by molar-refractivity contribution is 5.70. The van der Waals surface area contributed by atoms with Crippen LogP contribution in [0.5, 0.6) is 0 Å². The molecule has 2 aliphatic rings.